The molecule has 0 rings (SSSR count). The van der Waals surface area contributed by atoms with Crippen LogP contribution in [0.1, 0.15) is 13.3 Å². The Kier molecular flexibility index (Phi) is 4.37. The molecular weight excluding hydrogens is 132 g/mol. The number of hydrogen-bond donors (Lipinski definition) is 0. The minimum atomic E-state index is -0.00120. The molecule has 0 atom stereocenters. The van der Waals surface area contributed by atoms with Crippen LogP contribution in [0.25, 0.3) is 0 Å². The summed E-state index contributed by atoms with van der Waals surface area (Å²) in [7, 11) is 2.91. The van der Waals surface area contributed by atoms with Gasteiger partial charge < -0.3 is 9.47 Å². The van der Waals surface area contributed by atoms with Crippen molar-refractivity contribution in [3.8, 4) is 0 Å². The van der Waals surface area contributed by atoms with E-state index < -0.39 is 0 Å². The maximum Gasteiger partial charge on any atom is 0.282 e. The molecule has 0 aliphatic rings. The molecule has 0 aromatic carbocycles. The fourth-order valence-corrected chi connectivity index (χ4v) is 0.435. The second kappa shape index (κ2) is 4.85. The molecule has 0 fully saturated rings. The van der Waals surface area contributed by atoms with Gasteiger partial charge in [-0.15, -0.1) is 0 Å². The molecule has 3 heteroatoms. The largest absolute Gasteiger partial charge is 0.469 e. The Hall–Kier alpha value is -0.990. The molecular formula is C7H12O3. The molecule has 0 bridgehead atoms. The molecule has 0 aliphatic heterocycles. The molecule has 0 radical (unpaired) electrons. The van der Waals surface area contributed by atoms with Crippen LogP contribution in [0.15, 0.2) is 12.0 Å². The predicted octanol–water partition coefficient (Wildman–Crippen LogP) is 1.10. The van der Waals surface area contributed by atoms with E-state index in [1.807, 2.05) is 0 Å². The summed E-state index contributed by atoms with van der Waals surface area (Å²) in [6, 6.07) is 0. The van der Waals surface area contributed by atoms with E-state index in [4.69, 9.17) is 0 Å². The molecule has 0 amide bonds. The smallest absolute Gasteiger partial charge is 0.282 e. The first-order valence-electron chi connectivity index (χ1n) is 3.07. The summed E-state index contributed by atoms with van der Waals surface area (Å²) in [6.07, 6.45) is 1.80. The minimum Gasteiger partial charge on any atom is -0.469 e. The van der Waals surface area contributed by atoms with Gasteiger partial charge in [0.05, 0.1) is 20.3 Å². The van der Waals surface area contributed by atoms with E-state index in [1.54, 1.807) is 6.92 Å². The summed E-state index contributed by atoms with van der Waals surface area (Å²) in [5.41, 5.74) is 0. The third-order valence-corrected chi connectivity index (χ3v) is 1.03. The van der Waals surface area contributed by atoms with Gasteiger partial charge in [-0.3, -0.25) is 4.79 Å². The van der Waals surface area contributed by atoms with Crippen molar-refractivity contribution in [2.24, 2.45) is 0 Å². The molecule has 0 heterocycles. The Morgan fingerprint density at radius 1 is 1.40 bits per heavy atom. The lowest BCUT2D eigenvalue weighted by Crippen LogP contribution is -1.96. The number of carbonyl (C=O) groups is 1. The van der Waals surface area contributed by atoms with Gasteiger partial charge in [0.1, 0.15) is 0 Å². The van der Waals surface area contributed by atoms with Crippen LogP contribution in [-0.4, -0.2) is 20.0 Å². The first-order chi connectivity index (χ1) is 4.74. The number of allylic oxidation sites excluding steroid dienone is 1. The van der Waals surface area contributed by atoms with Gasteiger partial charge in [0.15, 0.2) is 5.78 Å². The van der Waals surface area contributed by atoms with Gasteiger partial charge in [-0.05, 0) is 0 Å². The van der Waals surface area contributed by atoms with Crippen molar-refractivity contribution in [3.05, 3.63) is 12.0 Å². The van der Waals surface area contributed by atoms with Crippen molar-refractivity contribution in [2.75, 3.05) is 14.2 Å². The van der Waals surface area contributed by atoms with Crippen LogP contribution >= 0.6 is 0 Å². The van der Waals surface area contributed by atoms with E-state index >= 15 is 0 Å². The first kappa shape index (κ1) is 9.01. The van der Waals surface area contributed by atoms with Gasteiger partial charge in [-0.25, -0.2) is 0 Å². The number of methoxy groups -OCH3 is 2. The summed E-state index contributed by atoms with van der Waals surface area (Å²) in [5, 5.41) is 0. The molecule has 0 unspecified atom stereocenters. The highest BCUT2D eigenvalue weighted by atomic mass is 16.7. The maximum absolute atomic E-state index is 10.7. The third-order valence-electron chi connectivity index (χ3n) is 1.03. The van der Waals surface area contributed by atoms with Gasteiger partial charge in [0, 0.05) is 6.42 Å². The molecule has 0 saturated heterocycles. The molecule has 0 aromatic heterocycles. The lowest BCUT2D eigenvalue weighted by molar-refractivity contribution is -0.114. The number of carbonyl (C=O) groups excluding carboxylic acids is 1. The monoisotopic (exact) mass is 144 g/mol. The number of ether oxygens (including phenoxy) is 2. The van der Waals surface area contributed by atoms with Crippen LogP contribution in [0.3, 0.4) is 0 Å². The van der Waals surface area contributed by atoms with Crippen LogP contribution < -0.4 is 0 Å². The third kappa shape index (κ3) is 3.12. The molecule has 3 nitrogen and oxygen atoms in total. The number of ketones is 1. The Morgan fingerprint density at radius 2 is 1.90 bits per heavy atom. The molecule has 0 aromatic rings. The predicted molar refractivity (Wildman–Crippen MR) is 37.4 cm³/mol. The lowest BCUT2D eigenvalue weighted by Gasteiger charge is -2.01. The standard InChI is InChI=1S/C7H12O3/c1-4-6(8)5-7(9-2)10-3/h5H,4H2,1-3H3. The highest BCUT2D eigenvalue weighted by Crippen LogP contribution is 1.96. The highest BCUT2D eigenvalue weighted by Gasteiger charge is 1.97. The summed E-state index contributed by atoms with van der Waals surface area (Å²) < 4.78 is 9.38. The van der Waals surface area contributed by atoms with Gasteiger partial charge in [-0.1, -0.05) is 6.92 Å². The average molecular weight is 144 g/mol. The van der Waals surface area contributed by atoms with Gasteiger partial charge in [0.25, 0.3) is 5.95 Å². The van der Waals surface area contributed by atoms with Crippen LogP contribution in [0, 0.1) is 0 Å². The fourth-order valence-electron chi connectivity index (χ4n) is 0.435. The van der Waals surface area contributed by atoms with Crippen molar-refractivity contribution in [1.29, 1.82) is 0 Å². The van der Waals surface area contributed by atoms with E-state index in [-0.39, 0.29) is 11.7 Å². The number of rotatable bonds is 4. The topological polar surface area (TPSA) is 35.5 Å². The zero-order chi connectivity index (χ0) is 7.98. The van der Waals surface area contributed by atoms with Crippen molar-refractivity contribution < 1.29 is 14.3 Å². The van der Waals surface area contributed by atoms with Crippen LogP contribution in [-0.2, 0) is 14.3 Å². The van der Waals surface area contributed by atoms with Gasteiger partial charge >= 0.3 is 0 Å². The zero-order valence-electron chi connectivity index (χ0n) is 6.51. The second-order valence-corrected chi connectivity index (χ2v) is 1.69. The average Bonchev–Trinajstić information content (AvgIpc) is 1.99. The van der Waals surface area contributed by atoms with Crippen LogP contribution in [0.5, 0.6) is 0 Å². The molecule has 0 saturated carbocycles. The van der Waals surface area contributed by atoms with Crippen molar-refractivity contribution in [2.45, 2.75) is 13.3 Å². The summed E-state index contributed by atoms with van der Waals surface area (Å²) in [4.78, 5) is 10.7. The summed E-state index contributed by atoms with van der Waals surface area (Å²) in [6.45, 7) is 1.78. The maximum atomic E-state index is 10.7. The molecule has 0 N–H and O–H groups in total. The highest BCUT2D eigenvalue weighted by molar-refractivity contribution is 5.89. The van der Waals surface area contributed by atoms with Crippen molar-refractivity contribution in [3.63, 3.8) is 0 Å². The van der Waals surface area contributed by atoms with Crippen molar-refractivity contribution in [1.82, 2.24) is 0 Å². The Balaban J connectivity index is 3.96. The summed E-state index contributed by atoms with van der Waals surface area (Å²) >= 11 is 0. The lowest BCUT2D eigenvalue weighted by atomic mass is 10.3. The van der Waals surface area contributed by atoms with E-state index in [0.29, 0.717) is 6.42 Å². The minimum absolute atomic E-state index is 0.00120. The SMILES string of the molecule is CCC(=O)C=C(OC)OC. The van der Waals surface area contributed by atoms with Gasteiger partial charge in [0.2, 0.25) is 0 Å². The normalized spacial score (nSPS) is 8.30. The fraction of sp³-hybridized carbons (Fsp3) is 0.571. The Labute approximate surface area is 60.6 Å². The molecule has 0 aliphatic carbocycles. The van der Waals surface area contributed by atoms with Crippen LogP contribution in [0.2, 0.25) is 0 Å². The molecule has 0 spiro atoms. The summed E-state index contributed by atoms with van der Waals surface area (Å²) in [5.74, 6) is 0.255. The molecule has 10 heavy (non-hydrogen) atoms. The van der Waals surface area contributed by atoms with Crippen molar-refractivity contribution >= 4 is 5.78 Å². The van der Waals surface area contributed by atoms with Crippen LogP contribution in [0.4, 0.5) is 0 Å². The van der Waals surface area contributed by atoms with E-state index in [2.05, 4.69) is 9.47 Å². The Morgan fingerprint density at radius 3 is 2.20 bits per heavy atom. The second-order valence-electron chi connectivity index (χ2n) is 1.69. The Bertz CT molecular complexity index is 132. The quantitative estimate of drug-likeness (QED) is 0.438. The first-order valence-corrected chi connectivity index (χ1v) is 3.07. The van der Waals surface area contributed by atoms with E-state index in [1.165, 1.54) is 20.3 Å². The van der Waals surface area contributed by atoms with E-state index in [0.717, 1.165) is 0 Å². The molecule has 58 valence electrons. The number of hydrogen-bond acceptors (Lipinski definition) is 3. The van der Waals surface area contributed by atoms with Gasteiger partial charge in [-0.2, -0.15) is 0 Å². The zero-order valence-corrected chi connectivity index (χ0v) is 6.51. The van der Waals surface area contributed by atoms with E-state index in [9.17, 15) is 4.79 Å².